The first-order valence-electron chi connectivity index (χ1n) is 13.1. The number of hydrogen-bond acceptors (Lipinski definition) is 7. The molecule has 0 bridgehead atoms. The van der Waals surface area contributed by atoms with Crippen LogP contribution in [0.25, 0.3) is 22.4 Å². The molecule has 3 heterocycles. The van der Waals surface area contributed by atoms with Gasteiger partial charge in [0.25, 0.3) is 5.56 Å². The molecule has 2 aromatic heterocycles. The van der Waals surface area contributed by atoms with Crippen LogP contribution >= 0.6 is 12.4 Å². The fourth-order valence-electron chi connectivity index (χ4n) is 4.78. The summed E-state index contributed by atoms with van der Waals surface area (Å²) in [6, 6.07) is 4.76. The molecule has 12 heteroatoms. The average Bonchev–Trinajstić information content (AvgIpc) is 3.26. The van der Waals surface area contributed by atoms with Crippen molar-refractivity contribution in [3.05, 3.63) is 40.3 Å². The molecule has 0 spiro atoms. The monoisotopic (exact) mass is 567 g/mol. The van der Waals surface area contributed by atoms with Crippen molar-refractivity contribution in [2.24, 2.45) is 0 Å². The summed E-state index contributed by atoms with van der Waals surface area (Å²) in [4.78, 5) is 23.1. The van der Waals surface area contributed by atoms with Gasteiger partial charge in [0, 0.05) is 45.5 Å². The van der Waals surface area contributed by atoms with Crippen LogP contribution in [0.5, 0.6) is 5.75 Å². The number of H-pyrrole nitrogens is 1. The minimum Gasteiger partial charge on any atom is -0.493 e. The molecule has 0 radical (unpaired) electrons. The quantitative estimate of drug-likeness (QED) is 0.365. The highest BCUT2D eigenvalue weighted by atomic mass is 35.5. The molecule has 0 amide bonds. The Kier molecular flexibility index (Phi) is 10.4. The largest absolute Gasteiger partial charge is 0.493 e. The van der Waals surface area contributed by atoms with Crippen LogP contribution in [0.3, 0.4) is 0 Å². The van der Waals surface area contributed by atoms with Crippen molar-refractivity contribution in [1.29, 1.82) is 0 Å². The van der Waals surface area contributed by atoms with Gasteiger partial charge in [-0.3, -0.25) is 9.69 Å². The van der Waals surface area contributed by atoms with Gasteiger partial charge in [0.05, 0.1) is 29.2 Å². The highest BCUT2D eigenvalue weighted by Gasteiger charge is 2.29. The van der Waals surface area contributed by atoms with E-state index in [4.69, 9.17) is 9.72 Å². The van der Waals surface area contributed by atoms with Crippen molar-refractivity contribution in [3.63, 3.8) is 0 Å². The number of aliphatic hydroxyl groups excluding tert-OH is 1. The Labute approximate surface area is 230 Å². The zero-order chi connectivity index (χ0) is 26.6. The van der Waals surface area contributed by atoms with E-state index in [2.05, 4.69) is 11.9 Å². The summed E-state index contributed by atoms with van der Waals surface area (Å²) in [6.07, 6.45) is 4.46. The Morgan fingerprint density at radius 2 is 1.84 bits per heavy atom. The third-order valence-corrected chi connectivity index (χ3v) is 8.61. The maximum atomic E-state index is 13.5. The first-order valence-corrected chi connectivity index (χ1v) is 14.5. The number of fused-ring (bicyclic) bond motifs is 1. The number of β-amino-alcohol motifs (C(OH)–C–C–N with tert-alkyl or cyclic N) is 1. The molecule has 0 atom stereocenters. The molecule has 1 fully saturated rings. The van der Waals surface area contributed by atoms with Crippen molar-refractivity contribution < 1.29 is 18.3 Å². The van der Waals surface area contributed by atoms with Crippen LogP contribution in [-0.2, 0) is 23.0 Å². The van der Waals surface area contributed by atoms with Gasteiger partial charge in [-0.05, 0) is 43.5 Å². The molecule has 210 valence electrons. The molecule has 4 rings (SSSR count). The van der Waals surface area contributed by atoms with Crippen molar-refractivity contribution in [2.45, 2.75) is 51.5 Å². The van der Waals surface area contributed by atoms with Crippen molar-refractivity contribution in [1.82, 2.24) is 23.7 Å². The summed E-state index contributed by atoms with van der Waals surface area (Å²) in [6.45, 7) is 9.54. The maximum absolute atomic E-state index is 13.5. The van der Waals surface area contributed by atoms with Crippen molar-refractivity contribution in [3.8, 4) is 17.1 Å². The predicted octanol–water partition coefficient (Wildman–Crippen LogP) is 2.87. The number of aromatic amines is 1. The van der Waals surface area contributed by atoms with E-state index in [0.29, 0.717) is 74.0 Å². The van der Waals surface area contributed by atoms with Gasteiger partial charge < -0.3 is 19.4 Å². The van der Waals surface area contributed by atoms with Gasteiger partial charge in [0.1, 0.15) is 17.1 Å². The molecule has 0 saturated carbocycles. The van der Waals surface area contributed by atoms with Gasteiger partial charge in [-0.1, -0.05) is 20.3 Å². The van der Waals surface area contributed by atoms with Crippen LogP contribution < -0.4 is 10.3 Å². The lowest BCUT2D eigenvalue weighted by atomic mass is 10.1. The van der Waals surface area contributed by atoms with E-state index in [9.17, 15) is 18.3 Å². The van der Waals surface area contributed by atoms with E-state index >= 15 is 0 Å². The van der Waals surface area contributed by atoms with Gasteiger partial charge in [-0.2, -0.15) is 4.31 Å². The molecule has 3 aromatic rings. The second kappa shape index (κ2) is 13.1. The number of benzene rings is 1. The SMILES string of the molecule is CCCOc1ccc(S(=O)(=O)N2CCN(CCO)CC2)cc1-c1nc2c(CCC)cn(CC)c2c(=O)[nH]1.Cl. The van der Waals surface area contributed by atoms with E-state index in [1.165, 1.54) is 4.31 Å². The zero-order valence-corrected chi connectivity index (χ0v) is 23.9. The molecule has 0 unspecified atom stereocenters. The van der Waals surface area contributed by atoms with Crippen molar-refractivity contribution >= 4 is 33.5 Å². The minimum absolute atomic E-state index is 0. The fraction of sp³-hybridized carbons (Fsp3) is 0.538. The second-order valence-electron chi connectivity index (χ2n) is 9.28. The number of aryl methyl sites for hydroxylation is 2. The van der Waals surface area contributed by atoms with Crippen LogP contribution in [0.15, 0.2) is 34.1 Å². The normalized spacial score (nSPS) is 15.1. The summed E-state index contributed by atoms with van der Waals surface area (Å²) in [5.41, 5.74) is 2.33. The third kappa shape index (κ3) is 6.07. The van der Waals surface area contributed by atoms with E-state index in [1.807, 2.05) is 29.5 Å². The summed E-state index contributed by atoms with van der Waals surface area (Å²) >= 11 is 0. The van der Waals surface area contributed by atoms with E-state index in [-0.39, 0.29) is 29.5 Å². The van der Waals surface area contributed by atoms with E-state index in [1.54, 1.807) is 18.2 Å². The van der Waals surface area contributed by atoms with Gasteiger partial charge >= 0.3 is 0 Å². The lowest BCUT2D eigenvalue weighted by Crippen LogP contribution is -2.49. The molecule has 10 nitrogen and oxygen atoms in total. The fourth-order valence-corrected chi connectivity index (χ4v) is 6.23. The Morgan fingerprint density at radius 1 is 1.11 bits per heavy atom. The number of aliphatic hydroxyl groups is 1. The number of nitrogens with one attached hydrogen (secondary N) is 1. The number of sulfonamides is 1. The van der Waals surface area contributed by atoms with Crippen LogP contribution in [-0.4, -0.2) is 83.2 Å². The number of aromatic nitrogens is 3. The summed E-state index contributed by atoms with van der Waals surface area (Å²) in [7, 11) is -3.77. The second-order valence-corrected chi connectivity index (χ2v) is 11.2. The molecule has 1 saturated heterocycles. The van der Waals surface area contributed by atoms with Crippen LogP contribution in [0.2, 0.25) is 0 Å². The summed E-state index contributed by atoms with van der Waals surface area (Å²) in [5, 5.41) is 9.18. The van der Waals surface area contributed by atoms with Gasteiger partial charge in [-0.15, -0.1) is 12.4 Å². The summed E-state index contributed by atoms with van der Waals surface area (Å²) < 4.78 is 36.4. The van der Waals surface area contributed by atoms with Gasteiger partial charge in [0.2, 0.25) is 10.0 Å². The molecular weight excluding hydrogens is 530 g/mol. The molecule has 38 heavy (non-hydrogen) atoms. The smallest absolute Gasteiger partial charge is 0.275 e. The Morgan fingerprint density at radius 3 is 2.47 bits per heavy atom. The van der Waals surface area contributed by atoms with Gasteiger partial charge in [-0.25, -0.2) is 13.4 Å². The number of rotatable bonds is 11. The first-order chi connectivity index (χ1) is 17.8. The zero-order valence-electron chi connectivity index (χ0n) is 22.3. The molecular formula is C26H38ClN5O5S. The number of nitrogens with zero attached hydrogens (tertiary/aromatic N) is 4. The third-order valence-electron chi connectivity index (χ3n) is 6.71. The molecule has 0 aliphatic carbocycles. The number of ether oxygens (including phenoxy) is 1. The molecule has 1 aliphatic heterocycles. The standard InChI is InChI=1S/C26H37N5O5S.ClH/c1-4-7-19-18-30(6-3)24-23(19)27-25(28-26(24)33)21-17-20(8-9-22(21)36-16-5-2)37(34,35)31-12-10-29(11-13-31)14-15-32;/h8-9,17-18,32H,4-7,10-16H2,1-3H3,(H,27,28,33);1H. The molecule has 2 N–H and O–H groups in total. The average molecular weight is 568 g/mol. The summed E-state index contributed by atoms with van der Waals surface area (Å²) in [5.74, 6) is 0.766. The Hall–Kier alpha value is -2.44. The van der Waals surface area contributed by atoms with Crippen LogP contribution in [0.4, 0.5) is 0 Å². The molecule has 1 aromatic carbocycles. The Balaban J connectivity index is 0.00000400. The highest BCUT2D eigenvalue weighted by molar-refractivity contribution is 7.89. The van der Waals surface area contributed by atoms with Gasteiger partial charge in [0.15, 0.2) is 0 Å². The predicted molar refractivity (Wildman–Crippen MR) is 151 cm³/mol. The number of hydrogen-bond donors (Lipinski definition) is 2. The topological polar surface area (TPSA) is 121 Å². The lowest BCUT2D eigenvalue weighted by molar-refractivity contribution is 0.151. The number of piperazine rings is 1. The highest BCUT2D eigenvalue weighted by Crippen LogP contribution is 2.33. The first kappa shape index (κ1) is 30.1. The molecule has 1 aliphatic rings. The van der Waals surface area contributed by atoms with Crippen LogP contribution in [0, 0.1) is 0 Å². The maximum Gasteiger partial charge on any atom is 0.275 e. The lowest BCUT2D eigenvalue weighted by Gasteiger charge is -2.33. The van der Waals surface area contributed by atoms with E-state index < -0.39 is 10.0 Å². The minimum atomic E-state index is -3.77. The van der Waals surface area contributed by atoms with Crippen molar-refractivity contribution in [2.75, 3.05) is 45.9 Å². The Bertz CT molecular complexity index is 1400. The van der Waals surface area contributed by atoms with Crippen LogP contribution in [0.1, 0.15) is 39.2 Å². The number of halogens is 1. The van der Waals surface area contributed by atoms with E-state index in [0.717, 1.165) is 24.8 Å².